The lowest BCUT2D eigenvalue weighted by molar-refractivity contribution is -0.119. The van der Waals surface area contributed by atoms with Gasteiger partial charge in [0, 0.05) is 32.8 Å². The lowest BCUT2D eigenvalue weighted by Gasteiger charge is -2.28. The fourth-order valence-corrected chi connectivity index (χ4v) is 5.36. The van der Waals surface area contributed by atoms with Crippen molar-refractivity contribution in [3.05, 3.63) is 29.6 Å². The molecule has 0 radical (unpaired) electrons. The predicted octanol–water partition coefficient (Wildman–Crippen LogP) is 1.20. The van der Waals surface area contributed by atoms with Crippen LogP contribution >= 0.6 is 0 Å². The van der Waals surface area contributed by atoms with E-state index in [4.69, 9.17) is 0 Å². The van der Waals surface area contributed by atoms with Gasteiger partial charge in [-0.2, -0.15) is 17.0 Å². The molecule has 24 heavy (non-hydrogen) atoms. The van der Waals surface area contributed by atoms with Gasteiger partial charge in [0.1, 0.15) is 0 Å². The van der Waals surface area contributed by atoms with Gasteiger partial charge in [-0.1, -0.05) is 0 Å². The Kier molecular flexibility index (Phi) is 5.17. The van der Waals surface area contributed by atoms with E-state index in [1.54, 1.807) is 14.8 Å². The molecule has 2 aliphatic rings. The summed E-state index contributed by atoms with van der Waals surface area (Å²) in [5.74, 6) is -0.110. The Morgan fingerprint density at radius 2 is 2.04 bits per heavy atom. The van der Waals surface area contributed by atoms with Gasteiger partial charge in [-0.25, -0.2) is 0 Å². The second-order valence-electron chi connectivity index (χ2n) is 6.37. The van der Waals surface area contributed by atoms with Crippen molar-refractivity contribution in [3.8, 4) is 0 Å². The Labute approximate surface area is 143 Å². The summed E-state index contributed by atoms with van der Waals surface area (Å²) in [4.78, 5) is 15.3. The van der Waals surface area contributed by atoms with E-state index in [9.17, 15) is 13.2 Å². The molecule has 1 unspecified atom stereocenters. The molecule has 1 aromatic heterocycles. The molecule has 2 saturated heterocycles. The van der Waals surface area contributed by atoms with Crippen molar-refractivity contribution in [1.82, 2.24) is 18.9 Å². The Balaban J connectivity index is 1.80. The van der Waals surface area contributed by atoms with Crippen LogP contribution in [0.4, 0.5) is 0 Å². The summed E-state index contributed by atoms with van der Waals surface area (Å²) >= 11 is 0. The minimum Gasteiger partial charge on any atom is -0.351 e. The molecule has 3 rings (SSSR count). The molecule has 1 N–H and O–H groups in total. The van der Waals surface area contributed by atoms with Crippen molar-refractivity contribution >= 4 is 16.1 Å². The van der Waals surface area contributed by atoms with Gasteiger partial charge in [-0.05, 0) is 43.4 Å². The van der Waals surface area contributed by atoms with E-state index < -0.39 is 10.2 Å². The van der Waals surface area contributed by atoms with Crippen molar-refractivity contribution in [1.29, 1.82) is 0 Å². The molecule has 0 spiro atoms. The molecule has 0 aliphatic carbocycles. The number of rotatable bonds is 5. The highest BCUT2D eigenvalue weighted by Crippen LogP contribution is 2.36. The summed E-state index contributed by atoms with van der Waals surface area (Å²) in [5.41, 5.74) is 1.69. The number of carbonyl (C=O) groups excluding carboxylic acids is 1. The first kappa shape index (κ1) is 17.3. The van der Waals surface area contributed by atoms with Crippen molar-refractivity contribution in [2.75, 3.05) is 19.6 Å². The van der Waals surface area contributed by atoms with Crippen LogP contribution in [0.15, 0.2) is 18.3 Å². The molecular formula is C16H24N4O3S. The normalized spacial score (nSPS) is 22.8. The van der Waals surface area contributed by atoms with E-state index >= 15 is 0 Å². The lowest BCUT2D eigenvalue weighted by atomic mass is 10.1. The van der Waals surface area contributed by atoms with E-state index in [2.05, 4.69) is 10.3 Å². The maximum atomic E-state index is 12.9. The minimum atomic E-state index is -3.40. The van der Waals surface area contributed by atoms with Crippen molar-refractivity contribution in [2.45, 2.75) is 45.2 Å². The molecule has 1 atom stereocenters. The maximum absolute atomic E-state index is 12.9. The third kappa shape index (κ3) is 3.60. The Morgan fingerprint density at radius 1 is 1.29 bits per heavy atom. The van der Waals surface area contributed by atoms with Crippen LogP contribution in [-0.4, -0.2) is 47.6 Å². The molecule has 0 bridgehead atoms. The summed E-state index contributed by atoms with van der Waals surface area (Å²) in [6.07, 6.45) is 5.24. The number of amides is 1. The molecular weight excluding hydrogens is 328 g/mol. The third-order valence-corrected chi connectivity index (χ3v) is 6.68. The van der Waals surface area contributed by atoms with Gasteiger partial charge in [0.15, 0.2) is 0 Å². The summed E-state index contributed by atoms with van der Waals surface area (Å²) in [6.45, 7) is 3.62. The van der Waals surface area contributed by atoms with Gasteiger partial charge >= 0.3 is 0 Å². The van der Waals surface area contributed by atoms with E-state index in [0.717, 1.165) is 36.9 Å². The van der Waals surface area contributed by atoms with Crippen LogP contribution in [0, 0.1) is 0 Å². The van der Waals surface area contributed by atoms with Crippen molar-refractivity contribution < 1.29 is 13.2 Å². The van der Waals surface area contributed by atoms with Gasteiger partial charge in [-0.3, -0.25) is 9.78 Å². The molecule has 0 aromatic carbocycles. The standard InChI is InChI=1S/C16H24N4O3S/c1-13(21)18-12-15-11-14(6-7-17-15)16-5-4-10-20(16)24(22,23)19-8-2-3-9-19/h6-7,11,16H,2-5,8-10,12H2,1H3,(H,18,21). The van der Waals surface area contributed by atoms with Gasteiger partial charge in [0.25, 0.3) is 10.2 Å². The zero-order valence-electron chi connectivity index (χ0n) is 13.9. The van der Waals surface area contributed by atoms with Crippen molar-refractivity contribution in [2.24, 2.45) is 0 Å². The lowest BCUT2D eigenvalue weighted by Crippen LogP contribution is -2.42. The van der Waals surface area contributed by atoms with Crippen LogP contribution in [0.25, 0.3) is 0 Å². The number of pyridine rings is 1. The van der Waals surface area contributed by atoms with Gasteiger partial charge in [-0.15, -0.1) is 0 Å². The summed E-state index contributed by atoms with van der Waals surface area (Å²) in [7, 11) is -3.40. The van der Waals surface area contributed by atoms with Gasteiger partial charge in [0.2, 0.25) is 5.91 Å². The van der Waals surface area contributed by atoms with Gasteiger partial charge in [0.05, 0.1) is 18.3 Å². The van der Waals surface area contributed by atoms with Crippen LogP contribution in [0.5, 0.6) is 0 Å². The highest BCUT2D eigenvalue weighted by Gasteiger charge is 2.39. The zero-order chi connectivity index (χ0) is 17.2. The molecule has 2 aliphatic heterocycles. The smallest absolute Gasteiger partial charge is 0.282 e. The Bertz CT molecular complexity index is 701. The predicted molar refractivity (Wildman–Crippen MR) is 90.2 cm³/mol. The van der Waals surface area contributed by atoms with E-state index in [0.29, 0.717) is 26.2 Å². The summed E-state index contributed by atoms with van der Waals surface area (Å²) in [6, 6.07) is 3.63. The number of hydrogen-bond acceptors (Lipinski definition) is 4. The van der Waals surface area contributed by atoms with E-state index in [1.807, 2.05) is 12.1 Å². The first-order valence-electron chi connectivity index (χ1n) is 8.44. The largest absolute Gasteiger partial charge is 0.351 e. The van der Waals surface area contributed by atoms with Crippen LogP contribution < -0.4 is 5.32 Å². The zero-order valence-corrected chi connectivity index (χ0v) is 14.8. The molecule has 0 saturated carbocycles. The quantitative estimate of drug-likeness (QED) is 0.863. The highest BCUT2D eigenvalue weighted by molar-refractivity contribution is 7.86. The molecule has 1 aromatic rings. The van der Waals surface area contributed by atoms with Crippen LogP contribution in [0.2, 0.25) is 0 Å². The van der Waals surface area contributed by atoms with Gasteiger partial charge < -0.3 is 5.32 Å². The van der Waals surface area contributed by atoms with Crippen molar-refractivity contribution in [3.63, 3.8) is 0 Å². The fourth-order valence-electron chi connectivity index (χ4n) is 3.43. The number of carbonyl (C=O) groups is 1. The fraction of sp³-hybridized carbons (Fsp3) is 0.625. The molecule has 3 heterocycles. The number of nitrogens with zero attached hydrogens (tertiary/aromatic N) is 3. The molecule has 2 fully saturated rings. The molecule has 132 valence electrons. The van der Waals surface area contributed by atoms with E-state index in [-0.39, 0.29) is 11.9 Å². The monoisotopic (exact) mass is 352 g/mol. The minimum absolute atomic E-state index is 0.110. The molecule has 8 heteroatoms. The average molecular weight is 352 g/mol. The highest BCUT2D eigenvalue weighted by atomic mass is 32.2. The van der Waals surface area contributed by atoms with E-state index in [1.165, 1.54) is 6.92 Å². The first-order valence-corrected chi connectivity index (χ1v) is 9.84. The third-order valence-electron chi connectivity index (χ3n) is 4.64. The Morgan fingerprint density at radius 3 is 2.75 bits per heavy atom. The maximum Gasteiger partial charge on any atom is 0.282 e. The van der Waals surface area contributed by atoms with Crippen LogP contribution in [0.3, 0.4) is 0 Å². The number of aromatic nitrogens is 1. The SMILES string of the molecule is CC(=O)NCc1cc(C2CCCN2S(=O)(=O)N2CCCC2)ccn1. The second kappa shape index (κ2) is 7.16. The molecule has 1 amide bonds. The molecule has 7 nitrogen and oxygen atoms in total. The summed E-state index contributed by atoms with van der Waals surface area (Å²) in [5, 5.41) is 2.72. The average Bonchev–Trinajstić information content (AvgIpc) is 3.24. The number of hydrogen-bond donors (Lipinski definition) is 1. The summed E-state index contributed by atoms with van der Waals surface area (Å²) < 4.78 is 29.0. The van der Waals surface area contributed by atoms with Crippen LogP contribution in [-0.2, 0) is 21.5 Å². The Hall–Kier alpha value is -1.51. The number of nitrogens with one attached hydrogen (secondary N) is 1. The topological polar surface area (TPSA) is 82.6 Å². The second-order valence-corrected chi connectivity index (χ2v) is 8.25. The first-order chi connectivity index (χ1) is 11.5. The van der Waals surface area contributed by atoms with Crippen LogP contribution in [0.1, 0.15) is 49.9 Å².